The largest absolute Gasteiger partial charge is 0.454 e. The second kappa shape index (κ2) is 8.89. The van der Waals surface area contributed by atoms with Crippen molar-refractivity contribution in [3.8, 4) is 11.5 Å². The van der Waals surface area contributed by atoms with Gasteiger partial charge in [0, 0.05) is 38.6 Å². The molecule has 1 aromatic carbocycles. The van der Waals surface area contributed by atoms with Gasteiger partial charge in [-0.3, -0.25) is 4.79 Å². The number of piperidine rings is 1. The maximum atomic E-state index is 12.9. The molecule has 0 saturated carbocycles. The van der Waals surface area contributed by atoms with Crippen molar-refractivity contribution in [2.24, 2.45) is 5.92 Å². The molecular formula is C20H29N3O5S. The van der Waals surface area contributed by atoms with Gasteiger partial charge in [0.2, 0.25) is 12.7 Å². The number of amides is 1. The Morgan fingerprint density at radius 3 is 2.34 bits per heavy atom. The molecule has 0 bridgehead atoms. The Kier molecular flexibility index (Phi) is 6.26. The fraction of sp³-hybridized carbons (Fsp3) is 0.650. The molecule has 3 aliphatic heterocycles. The number of ether oxygens (including phenoxy) is 2. The van der Waals surface area contributed by atoms with Crippen molar-refractivity contribution in [2.75, 3.05) is 33.0 Å². The van der Waals surface area contributed by atoms with Crippen LogP contribution in [-0.4, -0.2) is 55.9 Å². The van der Waals surface area contributed by atoms with E-state index in [0.717, 1.165) is 37.0 Å². The number of nitrogens with zero attached hydrogens (tertiary/aromatic N) is 2. The molecule has 1 amide bonds. The summed E-state index contributed by atoms with van der Waals surface area (Å²) in [6.45, 7) is 2.67. The van der Waals surface area contributed by atoms with Crippen molar-refractivity contribution in [3.63, 3.8) is 0 Å². The summed E-state index contributed by atoms with van der Waals surface area (Å²) >= 11 is 0. The molecule has 2 saturated heterocycles. The lowest BCUT2D eigenvalue weighted by Crippen LogP contribution is -2.49. The maximum Gasteiger partial charge on any atom is 0.281 e. The van der Waals surface area contributed by atoms with Gasteiger partial charge in [0.1, 0.15) is 0 Å². The number of carbonyl (C=O) groups is 1. The van der Waals surface area contributed by atoms with Gasteiger partial charge in [0.25, 0.3) is 10.2 Å². The Bertz CT molecular complexity index is 829. The fourth-order valence-electron chi connectivity index (χ4n) is 4.17. The third kappa shape index (κ3) is 4.67. The van der Waals surface area contributed by atoms with E-state index >= 15 is 0 Å². The number of rotatable bonds is 5. The summed E-state index contributed by atoms with van der Waals surface area (Å²) in [6.07, 6.45) is 5.16. The average molecular weight is 424 g/mol. The highest BCUT2D eigenvalue weighted by Crippen LogP contribution is 2.32. The Balaban J connectivity index is 1.27. The topological polar surface area (TPSA) is 88.2 Å². The minimum Gasteiger partial charge on any atom is -0.454 e. The Morgan fingerprint density at radius 2 is 1.62 bits per heavy atom. The van der Waals surface area contributed by atoms with Crippen molar-refractivity contribution in [2.45, 2.75) is 45.1 Å². The minimum atomic E-state index is -3.41. The van der Waals surface area contributed by atoms with Crippen LogP contribution in [0.2, 0.25) is 0 Å². The first-order valence-corrected chi connectivity index (χ1v) is 11.9. The van der Waals surface area contributed by atoms with E-state index < -0.39 is 10.2 Å². The van der Waals surface area contributed by atoms with Gasteiger partial charge in [-0.05, 0) is 43.4 Å². The van der Waals surface area contributed by atoms with Crippen LogP contribution in [0.3, 0.4) is 0 Å². The number of nitrogens with one attached hydrogen (secondary N) is 1. The van der Waals surface area contributed by atoms with Crippen LogP contribution in [0.5, 0.6) is 11.5 Å². The van der Waals surface area contributed by atoms with Crippen molar-refractivity contribution in [1.29, 1.82) is 0 Å². The highest BCUT2D eigenvalue weighted by Gasteiger charge is 2.34. The van der Waals surface area contributed by atoms with Crippen LogP contribution in [0.1, 0.15) is 44.1 Å². The number of carbonyl (C=O) groups excluding carboxylic acids is 1. The van der Waals surface area contributed by atoms with Crippen LogP contribution in [-0.2, 0) is 21.5 Å². The number of benzene rings is 1. The SMILES string of the molecule is O=C(NCc1ccc2c(c1)OCO2)C1CCN(S(=O)(=O)N2CCCCCC2)CC1. The van der Waals surface area contributed by atoms with E-state index in [4.69, 9.17) is 9.47 Å². The quantitative estimate of drug-likeness (QED) is 0.781. The first-order chi connectivity index (χ1) is 14.0. The van der Waals surface area contributed by atoms with Crippen LogP contribution >= 0.6 is 0 Å². The molecule has 0 atom stereocenters. The molecule has 160 valence electrons. The van der Waals surface area contributed by atoms with Crippen LogP contribution in [0.4, 0.5) is 0 Å². The molecular weight excluding hydrogens is 394 g/mol. The van der Waals surface area contributed by atoms with Gasteiger partial charge in [-0.25, -0.2) is 0 Å². The van der Waals surface area contributed by atoms with Gasteiger partial charge in [0.05, 0.1) is 0 Å². The summed E-state index contributed by atoms with van der Waals surface area (Å²) in [5.41, 5.74) is 0.948. The third-order valence-electron chi connectivity index (χ3n) is 5.95. The monoisotopic (exact) mass is 423 g/mol. The standard InChI is InChI=1S/C20H29N3O5S/c24-20(21-14-16-5-6-18-19(13-16)28-15-27-18)17-7-11-23(12-8-17)29(25,26)22-9-3-1-2-4-10-22/h5-6,13,17H,1-4,7-12,14-15H2,(H,21,24). The van der Waals surface area contributed by atoms with Gasteiger partial charge in [-0.1, -0.05) is 18.9 Å². The van der Waals surface area contributed by atoms with E-state index in [-0.39, 0.29) is 18.6 Å². The van der Waals surface area contributed by atoms with E-state index in [1.165, 1.54) is 0 Å². The molecule has 29 heavy (non-hydrogen) atoms. The molecule has 0 unspecified atom stereocenters. The van der Waals surface area contributed by atoms with Crippen LogP contribution in [0, 0.1) is 5.92 Å². The second-order valence-electron chi connectivity index (χ2n) is 7.90. The zero-order chi connectivity index (χ0) is 20.3. The van der Waals surface area contributed by atoms with Gasteiger partial charge >= 0.3 is 0 Å². The molecule has 2 fully saturated rings. The number of hydrogen-bond acceptors (Lipinski definition) is 5. The third-order valence-corrected chi connectivity index (χ3v) is 7.98. The highest BCUT2D eigenvalue weighted by molar-refractivity contribution is 7.86. The maximum absolute atomic E-state index is 12.9. The average Bonchev–Trinajstić information content (AvgIpc) is 3.02. The predicted octanol–water partition coefficient (Wildman–Crippen LogP) is 1.86. The zero-order valence-corrected chi connectivity index (χ0v) is 17.5. The molecule has 9 heteroatoms. The van der Waals surface area contributed by atoms with Crippen LogP contribution in [0.25, 0.3) is 0 Å². The Morgan fingerprint density at radius 1 is 0.966 bits per heavy atom. The number of hydrogen-bond donors (Lipinski definition) is 1. The Hall–Kier alpha value is -1.84. The summed E-state index contributed by atoms with van der Waals surface area (Å²) in [4.78, 5) is 12.6. The molecule has 8 nitrogen and oxygen atoms in total. The first-order valence-electron chi connectivity index (χ1n) is 10.5. The van der Waals surface area contributed by atoms with Gasteiger partial charge < -0.3 is 14.8 Å². The normalized spacial score (nSPS) is 21.7. The second-order valence-corrected chi connectivity index (χ2v) is 9.83. The summed E-state index contributed by atoms with van der Waals surface area (Å²) in [5, 5.41) is 2.97. The summed E-state index contributed by atoms with van der Waals surface area (Å²) in [5.74, 6) is 1.25. The van der Waals surface area contributed by atoms with E-state index in [1.807, 2.05) is 18.2 Å². The molecule has 0 aliphatic carbocycles. The molecule has 3 aliphatic rings. The van der Waals surface area contributed by atoms with Gasteiger partial charge in [0.15, 0.2) is 11.5 Å². The fourth-order valence-corrected chi connectivity index (χ4v) is 5.89. The van der Waals surface area contributed by atoms with Crippen LogP contribution in [0.15, 0.2) is 18.2 Å². The van der Waals surface area contributed by atoms with E-state index in [1.54, 1.807) is 8.61 Å². The molecule has 0 spiro atoms. The highest BCUT2D eigenvalue weighted by atomic mass is 32.2. The summed E-state index contributed by atoms with van der Waals surface area (Å²) in [6, 6.07) is 5.62. The number of fused-ring (bicyclic) bond motifs is 1. The lowest BCUT2D eigenvalue weighted by Gasteiger charge is -2.34. The summed E-state index contributed by atoms with van der Waals surface area (Å²) < 4.78 is 39.6. The lowest BCUT2D eigenvalue weighted by molar-refractivity contribution is -0.126. The minimum absolute atomic E-state index is 0.0190. The molecule has 4 rings (SSSR count). The molecule has 3 heterocycles. The van der Waals surface area contributed by atoms with Gasteiger partial charge in [-0.15, -0.1) is 0 Å². The van der Waals surface area contributed by atoms with E-state index in [0.29, 0.717) is 51.3 Å². The smallest absolute Gasteiger partial charge is 0.281 e. The van der Waals surface area contributed by atoms with Crippen LogP contribution < -0.4 is 14.8 Å². The van der Waals surface area contributed by atoms with Gasteiger partial charge in [-0.2, -0.15) is 17.0 Å². The van der Waals surface area contributed by atoms with Crippen molar-refractivity contribution in [1.82, 2.24) is 13.9 Å². The molecule has 0 radical (unpaired) electrons. The zero-order valence-electron chi connectivity index (χ0n) is 16.6. The van der Waals surface area contributed by atoms with E-state index in [9.17, 15) is 13.2 Å². The molecule has 1 N–H and O–H groups in total. The lowest BCUT2D eigenvalue weighted by atomic mass is 9.97. The predicted molar refractivity (Wildman–Crippen MR) is 108 cm³/mol. The van der Waals surface area contributed by atoms with Crippen molar-refractivity contribution in [3.05, 3.63) is 23.8 Å². The molecule has 1 aromatic rings. The molecule has 0 aromatic heterocycles. The Labute approximate surface area is 172 Å². The van der Waals surface area contributed by atoms with Crippen molar-refractivity contribution >= 4 is 16.1 Å². The van der Waals surface area contributed by atoms with Crippen molar-refractivity contribution < 1.29 is 22.7 Å². The van der Waals surface area contributed by atoms with E-state index in [2.05, 4.69) is 5.32 Å². The summed E-state index contributed by atoms with van der Waals surface area (Å²) in [7, 11) is -3.41. The first kappa shape index (κ1) is 20.4.